The van der Waals surface area contributed by atoms with Crippen LogP contribution in [0.15, 0.2) is 30.9 Å². The molecular weight excluding hydrogens is 452 g/mol. The van der Waals surface area contributed by atoms with E-state index in [0.29, 0.717) is 22.4 Å². The van der Waals surface area contributed by atoms with E-state index in [2.05, 4.69) is 43.7 Å². The first kappa shape index (κ1) is 24.4. The molecule has 3 N–H and O–H groups in total. The Morgan fingerprint density at radius 1 is 1.18 bits per heavy atom. The van der Waals surface area contributed by atoms with Crippen molar-refractivity contribution < 1.29 is 4.74 Å². The molecule has 0 saturated heterocycles. The summed E-state index contributed by atoms with van der Waals surface area (Å²) >= 11 is 6.25. The molecule has 4 aromatic rings. The molecule has 10 heteroatoms. The van der Waals surface area contributed by atoms with Crippen molar-refractivity contribution in [3.63, 3.8) is 0 Å². The third kappa shape index (κ3) is 5.65. The largest absolute Gasteiger partial charge is 0.382 e. The summed E-state index contributed by atoms with van der Waals surface area (Å²) in [7, 11) is 1.78. The predicted molar refractivity (Wildman–Crippen MR) is 136 cm³/mol. The van der Waals surface area contributed by atoms with Crippen LogP contribution in [0.25, 0.3) is 22.2 Å². The molecule has 0 bridgehead atoms. The fraction of sp³-hybridized carbons (Fsp3) is 0.500. The number of aryl methyl sites for hydroxylation is 2. The van der Waals surface area contributed by atoms with Gasteiger partial charge < -0.3 is 20.0 Å². The second-order valence-electron chi connectivity index (χ2n) is 8.88. The summed E-state index contributed by atoms with van der Waals surface area (Å²) in [5, 5.41) is 0.691. The minimum absolute atomic E-state index is 0.108. The van der Waals surface area contributed by atoms with E-state index in [-0.39, 0.29) is 6.10 Å². The van der Waals surface area contributed by atoms with Gasteiger partial charge in [0.15, 0.2) is 11.5 Å². The molecule has 0 amide bonds. The number of para-hydroxylation sites is 1. The van der Waals surface area contributed by atoms with Crippen LogP contribution in [0.4, 0.5) is 5.82 Å². The standard InChI is InChI=1S/C24H33ClN8O/c1-16(2)32(11-5-4-9-20-30-19-8-6-7-18(25)21(19)31-20)13-17(34-3)10-12-33-15-29-22-23(26)27-14-28-24(22)33/h6-8,14-17H,4-5,9-13H2,1-3H3,(H,30,31)(H2,26,27,28). The number of imidazole rings is 2. The molecule has 34 heavy (non-hydrogen) atoms. The van der Waals surface area contributed by atoms with Crippen LogP contribution in [0.3, 0.4) is 0 Å². The Morgan fingerprint density at radius 3 is 2.79 bits per heavy atom. The molecule has 3 aromatic heterocycles. The van der Waals surface area contributed by atoms with Crippen molar-refractivity contribution in [1.29, 1.82) is 0 Å². The van der Waals surface area contributed by atoms with Gasteiger partial charge in [-0.2, -0.15) is 0 Å². The maximum atomic E-state index is 6.25. The lowest BCUT2D eigenvalue weighted by Crippen LogP contribution is -2.39. The summed E-state index contributed by atoms with van der Waals surface area (Å²) in [5.74, 6) is 1.40. The number of nitrogen functional groups attached to an aromatic ring is 1. The summed E-state index contributed by atoms with van der Waals surface area (Å²) in [5.41, 5.74) is 9.15. The molecule has 0 radical (unpaired) electrons. The lowest BCUT2D eigenvalue weighted by molar-refractivity contribution is 0.0447. The fourth-order valence-corrected chi connectivity index (χ4v) is 4.44. The first-order chi connectivity index (χ1) is 16.5. The van der Waals surface area contributed by atoms with E-state index in [1.165, 1.54) is 6.33 Å². The molecule has 0 saturated carbocycles. The number of fused-ring (bicyclic) bond motifs is 2. The molecule has 9 nitrogen and oxygen atoms in total. The fourth-order valence-electron chi connectivity index (χ4n) is 4.22. The van der Waals surface area contributed by atoms with Crippen molar-refractivity contribution in [2.75, 3.05) is 25.9 Å². The van der Waals surface area contributed by atoms with Gasteiger partial charge in [0.1, 0.15) is 23.2 Å². The van der Waals surface area contributed by atoms with Gasteiger partial charge >= 0.3 is 0 Å². The van der Waals surface area contributed by atoms with Crippen LogP contribution in [0, 0.1) is 0 Å². The Hall–Kier alpha value is -2.75. The van der Waals surface area contributed by atoms with Gasteiger partial charge in [0.05, 0.1) is 23.0 Å². The number of nitrogens with two attached hydrogens (primary N) is 1. The number of aromatic nitrogens is 6. The SMILES string of the molecule is COC(CCn1cnc2c(N)ncnc21)CN(CCCCc1nc2c(Cl)cccc2[nH]1)C(C)C. The molecule has 3 heterocycles. The van der Waals surface area contributed by atoms with Crippen LogP contribution in [-0.4, -0.2) is 66.7 Å². The molecule has 1 unspecified atom stereocenters. The molecule has 0 fully saturated rings. The highest BCUT2D eigenvalue weighted by Gasteiger charge is 2.17. The first-order valence-electron chi connectivity index (χ1n) is 11.8. The second kappa shape index (κ2) is 11.1. The van der Waals surface area contributed by atoms with Crippen molar-refractivity contribution in [2.45, 2.75) is 58.2 Å². The summed E-state index contributed by atoms with van der Waals surface area (Å²) in [6.45, 7) is 7.11. The van der Waals surface area contributed by atoms with E-state index in [0.717, 1.165) is 67.8 Å². The maximum Gasteiger partial charge on any atom is 0.165 e. The van der Waals surface area contributed by atoms with Gasteiger partial charge in [-0.05, 0) is 51.8 Å². The molecule has 0 aliphatic carbocycles. The number of anilines is 1. The molecule has 0 aliphatic heterocycles. The second-order valence-corrected chi connectivity index (χ2v) is 9.29. The Balaban J connectivity index is 1.27. The van der Waals surface area contributed by atoms with Crippen LogP contribution >= 0.6 is 11.6 Å². The first-order valence-corrected chi connectivity index (χ1v) is 12.1. The van der Waals surface area contributed by atoms with E-state index >= 15 is 0 Å². The van der Waals surface area contributed by atoms with Crippen molar-refractivity contribution in [1.82, 2.24) is 34.4 Å². The Bertz CT molecular complexity index is 1220. The summed E-state index contributed by atoms with van der Waals surface area (Å²) in [4.78, 5) is 23.2. The number of nitrogens with zero attached hydrogens (tertiary/aromatic N) is 6. The maximum absolute atomic E-state index is 6.25. The minimum Gasteiger partial charge on any atom is -0.382 e. The zero-order chi connectivity index (χ0) is 24.1. The Kier molecular flexibility index (Phi) is 7.97. The number of ether oxygens (including phenoxy) is 1. The Labute approximate surface area is 204 Å². The third-order valence-electron chi connectivity index (χ3n) is 6.24. The normalized spacial score (nSPS) is 13.0. The number of rotatable bonds is 12. The van der Waals surface area contributed by atoms with Gasteiger partial charge in [-0.15, -0.1) is 0 Å². The van der Waals surface area contributed by atoms with Crippen LogP contribution in [0.2, 0.25) is 5.02 Å². The number of methoxy groups -OCH3 is 1. The quantitative estimate of drug-likeness (QED) is 0.291. The van der Waals surface area contributed by atoms with Crippen molar-refractivity contribution in [2.24, 2.45) is 0 Å². The zero-order valence-corrected chi connectivity index (χ0v) is 20.8. The Morgan fingerprint density at radius 2 is 2.03 bits per heavy atom. The van der Waals surface area contributed by atoms with Crippen molar-refractivity contribution in [3.05, 3.63) is 41.7 Å². The highest BCUT2D eigenvalue weighted by molar-refractivity contribution is 6.34. The number of nitrogens with one attached hydrogen (secondary N) is 1. The molecule has 0 aliphatic rings. The topological polar surface area (TPSA) is 111 Å². The average Bonchev–Trinajstić information content (AvgIpc) is 3.43. The van der Waals surface area contributed by atoms with E-state index in [1.54, 1.807) is 13.4 Å². The van der Waals surface area contributed by atoms with Gasteiger partial charge in [-0.1, -0.05) is 17.7 Å². The van der Waals surface area contributed by atoms with Gasteiger partial charge in [-0.25, -0.2) is 19.9 Å². The number of unbranched alkanes of at least 4 members (excludes halogenated alkanes) is 1. The highest BCUT2D eigenvalue weighted by atomic mass is 35.5. The minimum atomic E-state index is 0.108. The van der Waals surface area contributed by atoms with Crippen LogP contribution < -0.4 is 5.73 Å². The highest BCUT2D eigenvalue weighted by Crippen LogP contribution is 2.21. The van der Waals surface area contributed by atoms with Gasteiger partial charge in [0, 0.05) is 32.7 Å². The molecule has 1 atom stereocenters. The molecule has 182 valence electrons. The number of hydrogen-bond acceptors (Lipinski definition) is 7. The zero-order valence-electron chi connectivity index (χ0n) is 20.0. The van der Waals surface area contributed by atoms with Crippen molar-refractivity contribution >= 4 is 39.6 Å². The third-order valence-corrected chi connectivity index (χ3v) is 6.55. The van der Waals surface area contributed by atoms with Gasteiger partial charge in [0.25, 0.3) is 0 Å². The van der Waals surface area contributed by atoms with E-state index in [9.17, 15) is 0 Å². The average molecular weight is 485 g/mol. The van der Waals surface area contributed by atoms with Crippen LogP contribution in [-0.2, 0) is 17.7 Å². The number of aromatic amines is 1. The summed E-state index contributed by atoms with van der Waals surface area (Å²) in [6, 6.07) is 6.26. The predicted octanol–water partition coefficient (Wildman–Crippen LogP) is 4.08. The summed E-state index contributed by atoms with van der Waals surface area (Å²) < 4.78 is 7.84. The van der Waals surface area contributed by atoms with E-state index < -0.39 is 0 Å². The smallest absolute Gasteiger partial charge is 0.165 e. The van der Waals surface area contributed by atoms with E-state index in [4.69, 9.17) is 22.1 Å². The lowest BCUT2D eigenvalue weighted by atomic mass is 10.1. The summed E-state index contributed by atoms with van der Waals surface area (Å²) in [6.07, 6.45) is 7.26. The molecule has 4 rings (SSSR count). The number of benzene rings is 1. The monoisotopic (exact) mass is 484 g/mol. The van der Waals surface area contributed by atoms with Gasteiger partial charge in [-0.3, -0.25) is 4.90 Å². The lowest BCUT2D eigenvalue weighted by Gasteiger charge is -2.30. The van der Waals surface area contributed by atoms with Crippen molar-refractivity contribution in [3.8, 4) is 0 Å². The molecule has 1 aromatic carbocycles. The van der Waals surface area contributed by atoms with Crippen LogP contribution in [0.1, 0.15) is 38.9 Å². The molecular formula is C24H33ClN8O. The number of halogens is 1. The van der Waals surface area contributed by atoms with E-state index in [1.807, 2.05) is 22.8 Å². The molecule has 0 spiro atoms. The number of H-pyrrole nitrogens is 1. The van der Waals surface area contributed by atoms with Gasteiger partial charge in [0.2, 0.25) is 0 Å². The number of hydrogen-bond donors (Lipinski definition) is 2. The van der Waals surface area contributed by atoms with Crippen LogP contribution in [0.5, 0.6) is 0 Å².